The molecule has 2 aliphatic rings. The highest BCUT2D eigenvalue weighted by Gasteiger charge is 2.30. The molecule has 8 rings (SSSR count). The molecule has 0 bridgehead atoms. The van der Waals surface area contributed by atoms with Gasteiger partial charge in [-0.15, -0.1) is 0 Å². The van der Waals surface area contributed by atoms with E-state index in [-0.39, 0.29) is 10.8 Å². The highest BCUT2D eigenvalue weighted by Crippen LogP contribution is 2.45. The number of aryl methyl sites for hydroxylation is 2. The molecular weight excluding hydrogens is 831 g/mol. The van der Waals surface area contributed by atoms with Crippen LogP contribution in [0.15, 0.2) is 140 Å². The van der Waals surface area contributed by atoms with Crippen molar-refractivity contribution in [3.05, 3.63) is 201 Å². The molecule has 362 valence electrons. The average Bonchev–Trinajstić information content (AvgIpc) is 3.34. The fourth-order valence-electron chi connectivity index (χ4n) is 12.7. The summed E-state index contributed by atoms with van der Waals surface area (Å²) in [5, 5.41) is 2.85. The second kappa shape index (κ2) is 22.4. The fraction of sp³-hybridized carbons (Fsp3) is 0.441. The highest BCUT2D eigenvalue weighted by atomic mass is 15.1. The maximum atomic E-state index is 2.76. The summed E-state index contributed by atoms with van der Waals surface area (Å²) in [4.78, 5) is 2.76. The van der Waals surface area contributed by atoms with Gasteiger partial charge in [-0.05, 0) is 173 Å². The van der Waals surface area contributed by atoms with Crippen LogP contribution in [-0.2, 0) is 19.4 Å². The van der Waals surface area contributed by atoms with E-state index in [9.17, 15) is 0 Å². The predicted octanol–water partition coefficient (Wildman–Crippen LogP) is 18.8. The van der Waals surface area contributed by atoms with E-state index >= 15 is 0 Å². The largest absolute Gasteiger partial charge is 0.298 e. The van der Waals surface area contributed by atoms with Crippen LogP contribution < -0.4 is 0 Å². The first-order valence-electron chi connectivity index (χ1n) is 27.2. The van der Waals surface area contributed by atoms with E-state index in [0.717, 1.165) is 38.9 Å². The molecule has 0 amide bonds. The number of benzene rings is 6. The maximum Gasteiger partial charge on any atom is 0.0234 e. The second-order valence-electron chi connectivity index (χ2n) is 23.4. The zero-order valence-electron chi connectivity index (χ0n) is 44.4. The molecule has 5 unspecified atom stereocenters. The molecule has 1 heteroatoms. The molecule has 0 saturated carbocycles. The lowest BCUT2D eigenvalue weighted by atomic mass is 9.71. The van der Waals surface area contributed by atoms with Gasteiger partial charge in [-0.3, -0.25) is 4.90 Å². The fourth-order valence-corrected chi connectivity index (χ4v) is 12.7. The van der Waals surface area contributed by atoms with Gasteiger partial charge in [0.25, 0.3) is 0 Å². The van der Waals surface area contributed by atoms with E-state index < -0.39 is 0 Å². The summed E-state index contributed by atoms with van der Waals surface area (Å²) in [5.74, 6) is 2.65. The topological polar surface area (TPSA) is 3.24 Å². The Kier molecular flexibility index (Phi) is 16.4. The van der Waals surface area contributed by atoms with Gasteiger partial charge in [0, 0.05) is 25.6 Å². The summed E-state index contributed by atoms with van der Waals surface area (Å²) in [5.41, 5.74) is 17.9. The van der Waals surface area contributed by atoms with E-state index in [1.54, 1.807) is 0 Å². The Hall–Kier alpha value is -4.98. The van der Waals surface area contributed by atoms with Gasteiger partial charge in [-0.2, -0.15) is 0 Å². The minimum atomic E-state index is 0.248. The van der Waals surface area contributed by atoms with E-state index in [0.29, 0.717) is 29.6 Å². The van der Waals surface area contributed by atoms with Gasteiger partial charge in [0.15, 0.2) is 0 Å². The van der Waals surface area contributed by atoms with Crippen LogP contribution in [0.2, 0.25) is 0 Å². The molecule has 0 fully saturated rings. The summed E-state index contributed by atoms with van der Waals surface area (Å²) in [7, 11) is 0. The van der Waals surface area contributed by atoms with Crippen LogP contribution in [0.3, 0.4) is 0 Å². The van der Waals surface area contributed by atoms with Gasteiger partial charge in [0.1, 0.15) is 0 Å². The summed E-state index contributed by atoms with van der Waals surface area (Å²) in [6.07, 6.45) is 19.2. The SMILES string of the molecule is CCCC(CC(C)(C)CC(CC)c1ccc(C)cc1)c1ccc(CCN(Cc2ccc(C(CC)CC(C)(C)CC(C)c3ccc(C)cc3)cc2)CC2C=Cc3ccc4cccc5c4c3C2=CC5)cc1. The molecule has 0 N–H and O–H groups in total. The van der Waals surface area contributed by atoms with E-state index in [1.165, 1.54) is 122 Å². The van der Waals surface area contributed by atoms with E-state index in [1.807, 2.05) is 0 Å². The van der Waals surface area contributed by atoms with Gasteiger partial charge >= 0.3 is 0 Å². The van der Waals surface area contributed by atoms with Crippen molar-refractivity contribution >= 4 is 22.4 Å². The van der Waals surface area contributed by atoms with Gasteiger partial charge in [-0.1, -0.05) is 219 Å². The smallest absolute Gasteiger partial charge is 0.0234 e. The molecule has 0 radical (unpaired) electrons. The van der Waals surface area contributed by atoms with Gasteiger partial charge in [0.05, 0.1) is 0 Å². The number of nitrogens with zero attached hydrogens (tertiary/aromatic N) is 1. The average molecular weight is 916 g/mol. The lowest BCUT2D eigenvalue weighted by Gasteiger charge is -2.34. The minimum Gasteiger partial charge on any atom is -0.298 e. The van der Waals surface area contributed by atoms with Crippen LogP contribution >= 0.6 is 0 Å². The molecule has 0 aliphatic heterocycles. The molecule has 6 aromatic rings. The molecule has 5 atom stereocenters. The lowest BCUT2D eigenvalue weighted by Crippen LogP contribution is -2.32. The van der Waals surface area contributed by atoms with Gasteiger partial charge in [-0.25, -0.2) is 0 Å². The van der Waals surface area contributed by atoms with Crippen molar-refractivity contribution in [3.8, 4) is 0 Å². The first-order valence-corrected chi connectivity index (χ1v) is 27.2. The van der Waals surface area contributed by atoms with E-state index in [2.05, 4.69) is 220 Å². The van der Waals surface area contributed by atoms with Crippen LogP contribution in [0.4, 0.5) is 0 Å². The lowest BCUT2D eigenvalue weighted by molar-refractivity contribution is 0.250. The molecule has 0 aromatic heterocycles. The Morgan fingerprint density at radius 1 is 0.594 bits per heavy atom. The first-order chi connectivity index (χ1) is 33.2. The van der Waals surface area contributed by atoms with Crippen molar-refractivity contribution in [2.75, 3.05) is 13.1 Å². The summed E-state index contributed by atoms with van der Waals surface area (Å²) in [6, 6.07) is 49.8. The molecule has 0 spiro atoms. The van der Waals surface area contributed by atoms with Gasteiger partial charge < -0.3 is 0 Å². The second-order valence-corrected chi connectivity index (χ2v) is 23.4. The normalized spacial score (nSPS) is 16.4. The standard InChI is InChI=1S/C68H85N/c1-11-15-62(45-68(9,10)44-54(13-3)56-28-20-49(5)21-29-56)58-30-22-51(23-31-58)40-41-69(47-63-37-36-61-35-34-59-16-14-17-60-38-39-64(63)66(61)65(59)60)46-52-24-32-57(33-25-52)53(12-2)43-67(7,8)42-50(6)55-26-18-48(4)19-27-55/h14,16-37,39,50,53-54,62-63H,11-13,15,38,40-47H2,1-10H3. The first kappa shape index (κ1) is 50.4. The third-order valence-electron chi connectivity index (χ3n) is 16.5. The Morgan fingerprint density at radius 2 is 1.14 bits per heavy atom. The zero-order chi connectivity index (χ0) is 48.7. The number of hydrogen-bond acceptors (Lipinski definition) is 1. The third kappa shape index (κ3) is 12.7. The Bertz CT molecular complexity index is 2650. The van der Waals surface area contributed by atoms with Gasteiger partial charge in [0.2, 0.25) is 0 Å². The summed E-state index contributed by atoms with van der Waals surface area (Å²) >= 11 is 0. The van der Waals surface area contributed by atoms with Crippen molar-refractivity contribution < 1.29 is 0 Å². The molecule has 69 heavy (non-hydrogen) atoms. The van der Waals surface area contributed by atoms with Crippen LogP contribution in [0, 0.1) is 30.6 Å². The molecule has 0 heterocycles. The van der Waals surface area contributed by atoms with Crippen molar-refractivity contribution in [2.45, 2.75) is 164 Å². The monoisotopic (exact) mass is 916 g/mol. The third-order valence-corrected chi connectivity index (χ3v) is 16.5. The summed E-state index contributed by atoms with van der Waals surface area (Å²) in [6.45, 7) is 26.9. The van der Waals surface area contributed by atoms with Crippen molar-refractivity contribution in [1.29, 1.82) is 0 Å². The highest BCUT2D eigenvalue weighted by molar-refractivity contribution is 6.03. The molecule has 0 saturated heterocycles. The molecule has 1 nitrogen and oxygen atoms in total. The molecular formula is C68H85N. The van der Waals surface area contributed by atoms with Crippen LogP contribution in [0.1, 0.15) is 192 Å². The van der Waals surface area contributed by atoms with Crippen molar-refractivity contribution in [1.82, 2.24) is 4.90 Å². The quantitative estimate of drug-likeness (QED) is 0.0619. The van der Waals surface area contributed by atoms with Crippen LogP contribution in [-0.4, -0.2) is 18.0 Å². The Balaban J connectivity index is 0.973. The zero-order valence-corrected chi connectivity index (χ0v) is 44.4. The van der Waals surface area contributed by atoms with Crippen molar-refractivity contribution in [2.24, 2.45) is 16.7 Å². The Labute approximate surface area is 419 Å². The predicted molar refractivity (Wildman–Crippen MR) is 301 cm³/mol. The number of allylic oxidation sites excluding steroid dienone is 1. The van der Waals surface area contributed by atoms with Crippen molar-refractivity contribution in [3.63, 3.8) is 0 Å². The maximum absolute atomic E-state index is 2.76. The molecule has 6 aromatic carbocycles. The minimum absolute atomic E-state index is 0.248. The van der Waals surface area contributed by atoms with E-state index in [4.69, 9.17) is 0 Å². The Morgan fingerprint density at radius 3 is 1.75 bits per heavy atom. The number of rotatable bonds is 23. The number of hydrogen-bond donors (Lipinski definition) is 0. The molecule has 2 aliphatic carbocycles. The van der Waals surface area contributed by atoms with Crippen LogP contribution in [0.5, 0.6) is 0 Å². The summed E-state index contributed by atoms with van der Waals surface area (Å²) < 4.78 is 0. The van der Waals surface area contributed by atoms with Crippen LogP contribution in [0.25, 0.3) is 22.4 Å².